The normalized spacial score (nSPS) is 16.4. The molecule has 1 N–H and O–H groups in total. The third-order valence-corrected chi connectivity index (χ3v) is 3.89. The van der Waals surface area contributed by atoms with E-state index in [2.05, 4.69) is 21.2 Å². The Balaban J connectivity index is 2.23. The summed E-state index contributed by atoms with van der Waals surface area (Å²) >= 11 is 3.29. The molecule has 3 nitrogen and oxygen atoms in total. The van der Waals surface area contributed by atoms with Crippen LogP contribution in [0.4, 0.5) is 10.1 Å². The number of rotatable bonds is 4. The van der Waals surface area contributed by atoms with Gasteiger partial charge in [-0.15, -0.1) is 0 Å². The summed E-state index contributed by atoms with van der Waals surface area (Å²) in [6, 6.07) is 4.61. The highest BCUT2D eigenvalue weighted by Crippen LogP contribution is 2.47. The minimum atomic E-state index is -0.380. The molecule has 0 bridgehead atoms. The third kappa shape index (κ3) is 2.42. The van der Waals surface area contributed by atoms with E-state index in [1.54, 1.807) is 19.2 Å². The summed E-state index contributed by atoms with van der Waals surface area (Å²) in [6.45, 7) is 0.645. The Kier molecular flexibility index (Phi) is 3.73. The van der Waals surface area contributed by atoms with Crippen molar-refractivity contribution in [1.29, 1.82) is 0 Å². The Bertz CT molecular complexity index is 474. The van der Waals surface area contributed by atoms with Crippen LogP contribution in [0.15, 0.2) is 22.7 Å². The van der Waals surface area contributed by atoms with E-state index in [9.17, 15) is 9.18 Å². The lowest BCUT2D eigenvalue weighted by Gasteiger charge is -2.24. The van der Waals surface area contributed by atoms with E-state index in [1.165, 1.54) is 11.0 Å². The van der Waals surface area contributed by atoms with Crippen LogP contribution in [-0.4, -0.2) is 26.5 Å². The molecular weight excluding hydrogens is 299 g/mol. The summed E-state index contributed by atoms with van der Waals surface area (Å²) in [5.41, 5.74) is -0.0186. The Morgan fingerprint density at radius 3 is 2.78 bits per heavy atom. The van der Waals surface area contributed by atoms with Gasteiger partial charge < -0.3 is 10.2 Å². The number of nitrogens with zero attached hydrogens (tertiary/aromatic N) is 1. The molecule has 0 aromatic heterocycles. The molecule has 0 heterocycles. The van der Waals surface area contributed by atoms with E-state index < -0.39 is 0 Å². The zero-order valence-electron chi connectivity index (χ0n) is 10.5. The second kappa shape index (κ2) is 4.97. The first kappa shape index (κ1) is 13.5. The van der Waals surface area contributed by atoms with Crippen molar-refractivity contribution in [3.8, 4) is 0 Å². The number of hydrogen-bond acceptors (Lipinski definition) is 2. The minimum absolute atomic E-state index is 0.0196. The summed E-state index contributed by atoms with van der Waals surface area (Å²) in [7, 11) is 3.45. The summed E-state index contributed by atoms with van der Waals surface area (Å²) in [5.74, 6) is -0.400. The maximum atomic E-state index is 13.7. The second-order valence-corrected chi connectivity index (χ2v) is 5.69. The van der Waals surface area contributed by atoms with E-state index in [4.69, 9.17) is 0 Å². The smallest absolute Gasteiger partial charge is 0.234 e. The zero-order chi connectivity index (χ0) is 13.3. The molecule has 0 unspecified atom stereocenters. The van der Waals surface area contributed by atoms with Crippen LogP contribution in [0.25, 0.3) is 0 Å². The lowest BCUT2D eigenvalue weighted by Crippen LogP contribution is -2.39. The fourth-order valence-corrected chi connectivity index (χ4v) is 2.51. The van der Waals surface area contributed by atoms with Crippen molar-refractivity contribution >= 4 is 27.5 Å². The van der Waals surface area contributed by atoms with Crippen molar-refractivity contribution in [1.82, 2.24) is 5.32 Å². The zero-order valence-corrected chi connectivity index (χ0v) is 12.1. The number of hydrogen-bond donors (Lipinski definition) is 1. The highest BCUT2D eigenvalue weighted by molar-refractivity contribution is 9.10. The molecule has 1 aromatic rings. The number of anilines is 1. The molecule has 98 valence electrons. The highest BCUT2D eigenvalue weighted by atomic mass is 79.9. The van der Waals surface area contributed by atoms with Crippen molar-refractivity contribution in [2.24, 2.45) is 5.41 Å². The third-order valence-electron chi connectivity index (χ3n) is 3.40. The molecule has 1 aliphatic rings. The van der Waals surface area contributed by atoms with E-state index in [0.717, 1.165) is 17.3 Å². The van der Waals surface area contributed by atoms with Gasteiger partial charge in [-0.25, -0.2) is 4.39 Å². The molecule has 0 radical (unpaired) electrons. The molecule has 18 heavy (non-hydrogen) atoms. The van der Waals surface area contributed by atoms with Gasteiger partial charge in [-0.05, 0) is 38.1 Å². The first-order valence-corrected chi connectivity index (χ1v) is 6.67. The number of carbonyl (C=O) groups excluding carboxylic acids is 1. The molecule has 1 aliphatic carbocycles. The molecule has 1 aromatic carbocycles. The molecule has 5 heteroatoms. The van der Waals surface area contributed by atoms with Crippen molar-refractivity contribution in [3.63, 3.8) is 0 Å². The second-order valence-electron chi connectivity index (χ2n) is 4.77. The molecule has 0 saturated heterocycles. The predicted molar refractivity (Wildman–Crippen MR) is 73.1 cm³/mol. The van der Waals surface area contributed by atoms with Gasteiger partial charge in [-0.1, -0.05) is 15.9 Å². The molecule has 0 atom stereocenters. The largest absolute Gasteiger partial charge is 0.319 e. The monoisotopic (exact) mass is 314 g/mol. The van der Waals surface area contributed by atoms with Crippen molar-refractivity contribution in [3.05, 3.63) is 28.5 Å². The molecule has 2 rings (SSSR count). The molecule has 0 aliphatic heterocycles. The first-order valence-electron chi connectivity index (χ1n) is 5.88. The van der Waals surface area contributed by atoms with Gasteiger partial charge in [0, 0.05) is 18.1 Å². The maximum absolute atomic E-state index is 13.7. The van der Waals surface area contributed by atoms with E-state index >= 15 is 0 Å². The lowest BCUT2D eigenvalue weighted by atomic mass is 10.1. The highest BCUT2D eigenvalue weighted by Gasteiger charge is 2.50. The Morgan fingerprint density at radius 2 is 2.22 bits per heavy atom. The number of halogens is 2. The van der Waals surface area contributed by atoms with Crippen molar-refractivity contribution in [2.75, 3.05) is 25.5 Å². The Morgan fingerprint density at radius 1 is 1.56 bits per heavy atom. The lowest BCUT2D eigenvalue weighted by molar-refractivity contribution is -0.123. The summed E-state index contributed by atoms with van der Waals surface area (Å²) < 4.78 is 14.5. The minimum Gasteiger partial charge on any atom is -0.319 e. The van der Waals surface area contributed by atoms with Gasteiger partial charge in [0.25, 0.3) is 0 Å². The fourth-order valence-electron chi connectivity index (χ4n) is 2.16. The number of benzene rings is 1. The maximum Gasteiger partial charge on any atom is 0.234 e. The number of nitrogens with one attached hydrogen (secondary N) is 1. The molecular formula is C13H16BrFN2O. The molecule has 1 fully saturated rings. The standard InChI is InChI=1S/C13H16BrFN2O/c1-16-8-13(5-6-13)12(18)17(2)11-7-9(14)3-4-10(11)15/h3-4,7,16H,5-6,8H2,1-2H3. The van der Waals surface area contributed by atoms with Gasteiger partial charge >= 0.3 is 0 Å². The van der Waals surface area contributed by atoms with Crippen LogP contribution in [0.5, 0.6) is 0 Å². The van der Waals surface area contributed by atoms with Crippen molar-refractivity contribution < 1.29 is 9.18 Å². The van der Waals surface area contributed by atoms with Gasteiger partial charge in [0.2, 0.25) is 5.91 Å². The van der Waals surface area contributed by atoms with Crippen LogP contribution in [0.2, 0.25) is 0 Å². The van der Waals surface area contributed by atoms with Crippen LogP contribution in [0, 0.1) is 11.2 Å². The summed E-state index contributed by atoms with van der Waals surface area (Å²) in [4.78, 5) is 13.8. The number of amides is 1. The van der Waals surface area contributed by atoms with Gasteiger partial charge in [0.05, 0.1) is 11.1 Å². The average Bonchev–Trinajstić information content (AvgIpc) is 3.12. The quantitative estimate of drug-likeness (QED) is 0.926. The van der Waals surface area contributed by atoms with Crippen LogP contribution in [0.3, 0.4) is 0 Å². The Labute approximate surface area is 114 Å². The summed E-state index contributed by atoms with van der Waals surface area (Å²) in [6.07, 6.45) is 1.74. The predicted octanol–water partition coefficient (Wildman–Crippen LogP) is 2.55. The summed E-state index contributed by atoms with van der Waals surface area (Å²) in [5, 5.41) is 3.03. The fraction of sp³-hybridized carbons (Fsp3) is 0.462. The van der Waals surface area contributed by atoms with Crippen LogP contribution >= 0.6 is 15.9 Å². The van der Waals surface area contributed by atoms with E-state index in [1.807, 2.05) is 7.05 Å². The van der Waals surface area contributed by atoms with Gasteiger partial charge in [-0.3, -0.25) is 4.79 Å². The molecule has 0 spiro atoms. The van der Waals surface area contributed by atoms with Crippen LogP contribution < -0.4 is 10.2 Å². The topological polar surface area (TPSA) is 32.3 Å². The van der Waals surface area contributed by atoms with Gasteiger partial charge in [-0.2, -0.15) is 0 Å². The molecule has 1 amide bonds. The van der Waals surface area contributed by atoms with Crippen LogP contribution in [-0.2, 0) is 4.79 Å². The van der Waals surface area contributed by atoms with E-state index in [0.29, 0.717) is 12.2 Å². The van der Waals surface area contributed by atoms with E-state index in [-0.39, 0.29) is 17.1 Å². The average molecular weight is 315 g/mol. The van der Waals surface area contributed by atoms with Gasteiger partial charge in [0.15, 0.2) is 0 Å². The number of carbonyl (C=O) groups is 1. The molecule has 1 saturated carbocycles. The van der Waals surface area contributed by atoms with Crippen LogP contribution in [0.1, 0.15) is 12.8 Å². The van der Waals surface area contributed by atoms with Crippen molar-refractivity contribution in [2.45, 2.75) is 12.8 Å². The SMILES string of the molecule is CNCC1(C(=O)N(C)c2cc(Br)ccc2F)CC1. The van der Waals surface area contributed by atoms with Gasteiger partial charge in [0.1, 0.15) is 5.82 Å². The first-order chi connectivity index (χ1) is 8.50. The Hall–Kier alpha value is -0.940.